The van der Waals surface area contributed by atoms with Crippen molar-refractivity contribution in [3.8, 4) is 0 Å². The van der Waals surface area contributed by atoms with Crippen LogP contribution in [0.1, 0.15) is 32.6 Å². The molecule has 2 saturated heterocycles. The normalized spacial score (nSPS) is 37.2. The SMILES string of the molecule is COC(C)CN(C)C1CC2CCC(C1)N2. The number of nitrogens with one attached hydrogen (secondary N) is 1. The van der Waals surface area contributed by atoms with Gasteiger partial charge < -0.3 is 15.0 Å². The van der Waals surface area contributed by atoms with E-state index in [1.165, 1.54) is 25.7 Å². The average Bonchev–Trinajstić information content (AvgIpc) is 2.57. The minimum Gasteiger partial charge on any atom is -0.380 e. The molecule has 15 heavy (non-hydrogen) atoms. The van der Waals surface area contributed by atoms with Gasteiger partial charge >= 0.3 is 0 Å². The number of hydrogen-bond acceptors (Lipinski definition) is 3. The summed E-state index contributed by atoms with van der Waals surface area (Å²) in [5, 5.41) is 3.68. The van der Waals surface area contributed by atoms with Crippen LogP contribution >= 0.6 is 0 Å². The zero-order valence-electron chi connectivity index (χ0n) is 10.2. The second kappa shape index (κ2) is 4.81. The lowest BCUT2D eigenvalue weighted by molar-refractivity contribution is 0.0607. The van der Waals surface area contributed by atoms with Gasteiger partial charge in [-0.2, -0.15) is 0 Å². The molecule has 0 saturated carbocycles. The Morgan fingerprint density at radius 1 is 1.33 bits per heavy atom. The van der Waals surface area contributed by atoms with E-state index in [1.807, 2.05) is 0 Å². The predicted octanol–water partition coefficient (Wildman–Crippen LogP) is 1.24. The Balaban J connectivity index is 1.83. The van der Waals surface area contributed by atoms with Crippen LogP contribution in [0, 0.1) is 0 Å². The van der Waals surface area contributed by atoms with E-state index in [1.54, 1.807) is 7.11 Å². The van der Waals surface area contributed by atoms with Gasteiger partial charge in [-0.1, -0.05) is 0 Å². The van der Waals surface area contributed by atoms with E-state index in [9.17, 15) is 0 Å². The van der Waals surface area contributed by atoms with Crippen LogP contribution in [0.4, 0.5) is 0 Å². The highest BCUT2D eigenvalue weighted by Crippen LogP contribution is 2.29. The fourth-order valence-corrected chi connectivity index (χ4v) is 3.02. The topological polar surface area (TPSA) is 24.5 Å². The number of nitrogens with zero attached hydrogens (tertiary/aromatic N) is 1. The Morgan fingerprint density at radius 3 is 2.47 bits per heavy atom. The van der Waals surface area contributed by atoms with Gasteiger partial charge in [-0.3, -0.25) is 0 Å². The van der Waals surface area contributed by atoms with E-state index in [2.05, 4.69) is 24.2 Å². The number of rotatable bonds is 4. The summed E-state index contributed by atoms with van der Waals surface area (Å²) < 4.78 is 5.32. The molecule has 0 aliphatic carbocycles. The van der Waals surface area contributed by atoms with Gasteiger partial charge in [0.15, 0.2) is 0 Å². The molecule has 3 atom stereocenters. The summed E-state index contributed by atoms with van der Waals surface area (Å²) in [6, 6.07) is 2.34. The molecule has 2 bridgehead atoms. The number of hydrogen-bond donors (Lipinski definition) is 1. The maximum absolute atomic E-state index is 5.32. The van der Waals surface area contributed by atoms with Crippen molar-refractivity contribution in [2.45, 2.75) is 56.8 Å². The van der Waals surface area contributed by atoms with Crippen molar-refractivity contribution >= 4 is 0 Å². The lowest BCUT2D eigenvalue weighted by Crippen LogP contribution is -2.48. The largest absolute Gasteiger partial charge is 0.380 e. The minimum atomic E-state index is 0.350. The van der Waals surface area contributed by atoms with Crippen molar-refractivity contribution in [3.63, 3.8) is 0 Å². The van der Waals surface area contributed by atoms with Gasteiger partial charge in [-0.25, -0.2) is 0 Å². The molecule has 2 heterocycles. The smallest absolute Gasteiger partial charge is 0.0670 e. The molecule has 2 rings (SSSR count). The van der Waals surface area contributed by atoms with Gasteiger partial charge in [-0.15, -0.1) is 0 Å². The Kier molecular flexibility index (Phi) is 3.65. The summed E-state index contributed by atoms with van der Waals surface area (Å²) in [6.07, 6.45) is 5.76. The summed E-state index contributed by atoms with van der Waals surface area (Å²) in [6.45, 7) is 3.20. The van der Waals surface area contributed by atoms with Gasteiger partial charge in [0.05, 0.1) is 6.10 Å². The maximum atomic E-state index is 5.32. The predicted molar refractivity (Wildman–Crippen MR) is 62.1 cm³/mol. The van der Waals surface area contributed by atoms with Crippen molar-refractivity contribution in [3.05, 3.63) is 0 Å². The Labute approximate surface area is 93.2 Å². The first-order valence-corrected chi connectivity index (χ1v) is 6.18. The van der Waals surface area contributed by atoms with Crippen LogP contribution in [0.3, 0.4) is 0 Å². The van der Waals surface area contributed by atoms with E-state index in [0.29, 0.717) is 6.10 Å². The van der Waals surface area contributed by atoms with Gasteiger partial charge in [0.25, 0.3) is 0 Å². The van der Waals surface area contributed by atoms with E-state index in [0.717, 1.165) is 24.7 Å². The van der Waals surface area contributed by atoms with Crippen LogP contribution in [-0.2, 0) is 4.74 Å². The fourth-order valence-electron chi connectivity index (χ4n) is 3.02. The molecular formula is C12H24N2O. The van der Waals surface area contributed by atoms with Crippen LogP contribution in [0.5, 0.6) is 0 Å². The second-order valence-corrected chi connectivity index (χ2v) is 5.25. The molecule has 88 valence electrons. The van der Waals surface area contributed by atoms with Crippen molar-refractivity contribution in [2.24, 2.45) is 0 Å². The van der Waals surface area contributed by atoms with Crippen molar-refractivity contribution in [1.82, 2.24) is 10.2 Å². The number of piperidine rings is 1. The number of likely N-dealkylation sites (N-methyl/N-ethyl adjacent to an activating group) is 1. The molecule has 2 aliphatic rings. The summed E-state index contributed by atoms with van der Waals surface area (Å²) in [7, 11) is 4.04. The van der Waals surface area contributed by atoms with Gasteiger partial charge in [0, 0.05) is 31.8 Å². The van der Waals surface area contributed by atoms with E-state index in [-0.39, 0.29) is 0 Å². The second-order valence-electron chi connectivity index (χ2n) is 5.25. The molecule has 0 aromatic rings. The quantitative estimate of drug-likeness (QED) is 0.759. The summed E-state index contributed by atoms with van der Waals surface area (Å²) >= 11 is 0. The molecule has 2 aliphatic heterocycles. The molecule has 1 N–H and O–H groups in total. The number of methoxy groups -OCH3 is 1. The van der Waals surface area contributed by atoms with Crippen LogP contribution in [0.25, 0.3) is 0 Å². The highest BCUT2D eigenvalue weighted by atomic mass is 16.5. The first kappa shape index (κ1) is 11.4. The monoisotopic (exact) mass is 212 g/mol. The summed E-state index contributed by atoms with van der Waals surface area (Å²) in [5.74, 6) is 0. The molecule has 0 spiro atoms. The highest BCUT2D eigenvalue weighted by Gasteiger charge is 2.35. The molecule has 0 amide bonds. The van der Waals surface area contributed by atoms with Crippen molar-refractivity contribution < 1.29 is 4.74 Å². The Morgan fingerprint density at radius 2 is 1.93 bits per heavy atom. The molecule has 0 radical (unpaired) electrons. The molecule has 0 aromatic carbocycles. The van der Waals surface area contributed by atoms with Gasteiger partial charge in [0.1, 0.15) is 0 Å². The molecule has 2 fully saturated rings. The van der Waals surface area contributed by atoms with Gasteiger partial charge in [0.2, 0.25) is 0 Å². The molecule has 3 nitrogen and oxygen atoms in total. The van der Waals surface area contributed by atoms with Crippen LogP contribution in [0.15, 0.2) is 0 Å². The zero-order chi connectivity index (χ0) is 10.8. The minimum absolute atomic E-state index is 0.350. The lowest BCUT2D eigenvalue weighted by atomic mass is 9.98. The van der Waals surface area contributed by atoms with Crippen LogP contribution in [-0.4, -0.2) is 49.8 Å². The maximum Gasteiger partial charge on any atom is 0.0670 e. The standard InChI is InChI=1S/C12H24N2O/c1-9(15-3)8-14(2)12-6-10-4-5-11(7-12)13-10/h9-13H,4-8H2,1-3H3. The lowest BCUT2D eigenvalue weighted by Gasteiger charge is -2.36. The molecular weight excluding hydrogens is 188 g/mol. The molecule has 0 aromatic heterocycles. The first-order valence-electron chi connectivity index (χ1n) is 6.18. The highest BCUT2D eigenvalue weighted by molar-refractivity contribution is 4.95. The van der Waals surface area contributed by atoms with Crippen molar-refractivity contribution in [1.29, 1.82) is 0 Å². The zero-order valence-corrected chi connectivity index (χ0v) is 10.2. The number of fused-ring (bicyclic) bond motifs is 2. The van der Waals surface area contributed by atoms with Crippen LogP contribution < -0.4 is 5.32 Å². The Hall–Kier alpha value is -0.120. The fraction of sp³-hybridized carbons (Fsp3) is 1.00. The number of ether oxygens (including phenoxy) is 1. The third kappa shape index (κ3) is 2.71. The third-order valence-corrected chi connectivity index (χ3v) is 4.02. The van der Waals surface area contributed by atoms with E-state index in [4.69, 9.17) is 4.74 Å². The molecule has 3 heteroatoms. The Bertz CT molecular complexity index is 198. The summed E-state index contributed by atoms with van der Waals surface area (Å²) in [4.78, 5) is 2.49. The van der Waals surface area contributed by atoms with Crippen LogP contribution in [0.2, 0.25) is 0 Å². The third-order valence-electron chi connectivity index (χ3n) is 4.02. The van der Waals surface area contributed by atoms with E-state index < -0.39 is 0 Å². The average molecular weight is 212 g/mol. The van der Waals surface area contributed by atoms with Gasteiger partial charge in [-0.05, 0) is 39.7 Å². The molecule has 3 unspecified atom stereocenters. The van der Waals surface area contributed by atoms with E-state index >= 15 is 0 Å². The first-order chi connectivity index (χ1) is 7.19. The summed E-state index contributed by atoms with van der Waals surface area (Å²) in [5.41, 5.74) is 0. The van der Waals surface area contributed by atoms with Crippen molar-refractivity contribution in [2.75, 3.05) is 20.7 Å².